The third-order valence-electron chi connectivity index (χ3n) is 3.92. The smallest absolute Gasteiger partial charge is 0.313 e. The zero-order valence-electron chi connectivity index (χ0n) is 17.4. The molecule has 7 heteroatoms. The molecule has 2 aromatic rings. The Morgan fingerprint density at radius 3 is 1.52 bits per heavy atom. The highest BCUT2D eigenvalue weighted by Crippen LogP contribution is 2.43. The second kappa shape index (κ2) is 15.3. The van der Waals surface area contributed by atoms with Crippen LogP contribution in [0, 0.1) is 0 Å². The lowest BCUT2D eigenvalue weighted by atomic mass is 10.2. The predicted octanol–water partition coefficient (Wildman–Crippen LogP) is 5.80. The van der Waals surface area contributed by atoms with E-state index in [-0.39, 0.29) is 13.2 Å². The molecule has 0 aliphatic carbocycles. The summed E-state index contributed by atoms with van der Waals surface area (Å²) >= 11 is 0. The Morgan fingerprint density at radius 1 is 0.793 bits per heavy atom. The summed E-state index contributed by atoms with van der Waals surface area (Å²) in [5.74, 6) is 0. The number of hydrogen-bond acceptors (Lipinski definition) is 5. The monoisotopic (exact) mass is 423 g/mol. The van der Waals surface area contributed by atoms with Gasteiger partial charge in [-0.25, -0.2) is 4.57 Å². The van der Waals surface area contributed by atoms with Gasteiger partial charge in [-0.15, -0.1) is 0 Å². The van der Waals surface area contributed by atoms with E-state index in [9.17, 15) is 9.77 Å². The fourth-order valence-electron chi connectivity index (χ4n) is 2.33. The van der Waals surface area contributed by atoms with Gasteiger partial charge >= 0.3 is 7.82 Å². The fraction of sp³-hybridized carbons (Fsp3) is 0.455. The minimum absolute atomic E-state index is 0.288. The molecule has 2 aromatic carbocycles. The first-order chi connectivity index (χ1) is 14.0. The van der Waals surface area contributed by atoms with E-state index < -0.39 is 7.82 Å². The molecule has 0 aliphatic rings. The van der Waals surface area contributed by atoms with Crippen LogP contribution in [-0.2, 0) is 26.7 Å². The summed E-state index contributed by atoms with van der Waals surface area (Å²) in [6, 6.07) is 19.9. The number of hydroxylamine groups is 2. The van der Waals surface area contributed by atoms with Gasteiger partial charge in [0.25, 0.3) is 0 Å². The fourth-order valence-corrected chi connectivity index (χ4v) is 3.12. The number of phosphoric acid groups is 1. The Balaban J connectivity index is 0.000000298. The summed E-state index contributed by atoms with van der Waals surface area (Å²) < 4.78 is 20.5. The molecular formula is C22H34NO5P. The number of phosphoric ester groups is 1. The van der Waals surface area contributed by atoms with Gasteiger partial charge in [0.2, 0.25) is 0 Å². The van der Waals surface area contributed by atoms with Crippen LogP contribution in [0.25, 0.3) is 0 Å². The van der Waals surface area contributed by atoms with E-state index in [0.29, 0.717) is 13.1 Å². The van der Waals surface area contributed by atoms with Crippen LogP contribution in [0.2, 0.25) is 0 Å². The van der Waals surface area contributed by atoms with Gasteiger partial charge in [0.15, 0.2) is 0 Å². The zero-order valence-corrected chi connectivity index (χ0v) is 18.3. The second-order valence-corrected chi connectivity index (χ2v) is 8.09. The van der Waals surface area contributed by atoms with Crippen molar-refractivity contribution in [2.24, 2.45) is 0 Å². The minimum atomic E-state index is -3.75. The Bertz CT molecular complexity index is 629. The van der Waals surface area contributed by atoms with Crippen LogP contribution in [-0.4, -0.2) is 28.4 Å². The normalized spacial score (nSPS) is 11.2. The van der Waals surface area contributed by atoms with Crippen LogP contribution >= 0.6 is 7.82 Å². The molecule has 0 aromatic heterocycles. The van der Waals surface area contributed by atoms with Gasteiger partial charge in [-0.05, 0) is 24.0 Å². The van der Waals surface area contributed by atoms with Crippen LogP contribution < -0.4 is 0 Å². The van der Waals surface area contributed by atoms with Gasteiger partial charge in [-0.2, -0.15) is 5.06 Å². The van der Waals surface area contributed by atoms with E-state index in [1.54, 1.807) is 0 Å². The Labute approximate surface area is 174 Å². The lowest BCUT2D eigenvalue weighted by Crippen LogP contribution is -2.17. The maximum absolute atomic E-state index is 11.1. The molecule has 0 spiro atoms. The van der Waals surface area contributed by atoms with Crippen LogP contribution in [0.5, 0.6) is 0 Å². The highest BCUT2D eigenvalue weighted by molar-refractivity contribution is 7.47. The summed E-state index contributed by atoms with van der Waals surface area (Å²) in [5, 5.41) is 11.1. The molecule has 0 amide bonds. The van der Waals surface area contributed by atoms with Gasteiger partial charge in [0.1, 0.15) is 0 Å². The third kappa shape index (κ3) is 13.3. The molecule has 162 valence electrons. The van der Waals surface area contributed by atoms with Crippen molar-refractivity contribution in [2.45, 2.75) is 52.6 Å². The van der Waals surface area contributed by atoms with E-state index in [2.05, 4.69) is 0 Å². The average molecular weight is 423 g/mol. The summed E-state index contributed by atoms with van der Waals surface area (Å²) in [5.41, 5.74) is 2.22. The predicted molar refractivity (Wildman–Crippen MR) is 115 cm³/mol. The first kappa shape index (κ1) is 25.5. The van der Waals surface area contributed by atoms with E-state index in [1.165, 1.54) is 5.06 Å². The molecule has 0 radical (unpaired) electrons. The molecule has 29 heavy (non-hydrogen) atoms. The molecule has 6 nitrogen and oxygen atoms in total. The topological polar surface area (TPSA) is 79.2 Å². The third-order valence-corrected chi connectivity index (χ3v) is 4.94. The minimum Gasteiger partial charge on any atom is -0.313 e. The Morgan fingerprint density at radius 2 is 1.17 bits per heavy atom. The Kier molecular flexibility index (Phi) is 13.5. The van der Waals surface area contributed by atoms with Crippen LogP contribution in [0.4, 0.5) is 0 Å². The lowest BCUT2D eigenvalue weighted by molar-refractivity contribution is -0.108. The van der Waals surface area contributed by atoms with E-state index in [1.807, 2.05) is 74.5 Å². The molecule has 0 unspecified atom stereocenters. The van der Waals surface area contributed by atoms with Crippen molar-refractivity contribution in [2.75, 3.05) is 13.2 Å². The van der Waals surface area contributed by atoms with Crippen molar-refractivity contribution >= 4 is 7.82 Å². The van der Waals surface area contributed by atoms with E-state index in [4.69, 9.17) is 13.9 Å². The van der Waals surface area contributed by atoms with E-state index in [0.717, 1.165) is 36.8 Å². The van der Waals surface area contributed by atoms with Crippen molar-refractivity contribution in [3.8, 4) is 0 Å². The molecule has 0 atom stereocenters. The van der Waals surface area contributed by atoms with Gasteiger partial charge in [-0.3, -0.25) is 9.05 Å². The maximum Gasteiger partial charge on any atom is 0.472 e. The molecule has 0 fully saturated rings. The number of hydrogen-bond donors (Lipinski definition) is 2. The van der Waals surface area contributed by atoms with Crippen molar-refractivity contribution in [1.29, 1.82) is 0 Å². The standard InChI is InChI=1S/C14H15NO.C8H19O4P/c16-15(11-13-7-3-1-4-8-13)12-14-9-5-2-6-10-14;1-3-5-7-11-13(9,10)12-8-6-4-2/h1-10,16H,11-12H2;3-8H2,1-2H3,(H,9,10). The van der Waals surface area contributed by atoms with Crippen molar-refractivity contribution < 1.29 is 23.7 Å². The van der Waals surface area contributed by atoms with Gasteiger partial charge < -0.3 is 10.1 Å². The molecule has 0 saturated heterocycles. The summed E-state index contributed by atoms with van der Waals surface area (Å²) in [6.07, 6.45) is 3.44. The van der Waals surface area contributed by atoms with Crippen molar-refractivity contribution in [3.63, 3.8) is 0 Å². The SMILES string of the molecule is CCCCOP(=O)(O)OCCCC.ON(Cc1ccccc1)Cc1ccccc1. The molecule has 0 aliphatic heterocycles. The summed E-state index contributed by atoms with van der Waals surface area (Å²) in [6.45, 7) is 5.66. The first-order valence-corrected chi connectivity index (χ1v) is 11.6. The van der Waals surface area contributed by atoms with Gasteiger partial charge in [-0.1, -0.05) is 87.4 Å². The molecule has 2 N–H and O–H groups in total. The average Bonchev–Trinajstić information content (AvgIpc) is 2.70. The summed E-state index contributed by atoms with van der Waals surface area (Å²) in [4.78, 5) is 9.08. The van der Waals surface area contributed by atoms with Crippen LogP contribution in [0.15, 0.2) is 60.7 Å². The number of nitrogens with zero attached hydrogens (tertiary/aromatic N) is 1. The van der Waals surface area contributed by atoms with Crippen LogP contribution in [0.1, 0.15) is 50.7 Å². The van der Waals surface area contributed by atoms with Gasteiger partial charge in [0, 0.05) is 13.1 Å². The molecule has 0 saturated carbocycles. The highest BCUT2D eigenvalue weighted by atomic mass is 31.2. The second-order valence-electron chi connectivity index (χ2n) is 6.64. The summed E-state index contributed by atoms with van der Waals surface area (Å²) in [7, 11) is -3.75. The molecule has 2 rings (SSSR count). The number of rotatable bonds is 12. The quantitative estimate of drug-likeness (QED) is 0.255. The van der Waals surface area contributed by atoms with Gasteiger partial charge in [0.05, 0.1) is 13.2 Å². The maximum atomic E-state index is 11.1. The van der Waals surface area contributed by atoms with Crippen LogP contribution in [0.3, 0.4) is 0 Å². The highest BCUT2D eigenvalue weighted by Gasteiger charge is 2.19. The molecule has 0 bridgehead atoms. The van der Waals surface area contributed by atoms with Crippen molar-refractivity contribution in [1.82, 2.24) is 5.06 Å². The first-order valence-electron chi connectivity index (χ1n) is 10.1. The zero-order chi connectivity index (χ0) is 21.4. The molecule has 0 heterocycles. The largest absolute Gasteiger partial charge is 0.472 e. The number of unbranched alkanes of at least 4 members (excludes halogenated alkanes) is 2. The number of benzene rings is 2. The molecular weight excluding hydrogens is 389 g/mol. The van der Waals surface area contributed by atoms with E-state index >= 15 is 0 Å². The lowest BCUT2D eigenvalue weighted by Gasteiger charge is -2.14. The Hall–Kier alpha value is -1.53. The van der Waals surface area contributed by atoms with Crippen molar-refractivity contribution in [3.05, 3.63) is 71.8 Å².